The van der Waals surface area contributed by atoms with Crippen molar-refractivity contribution >= 4 is 0 Å². The fraction of sp³-hybridized carbons (Fsp3) is 0.769. The molecule has 1 aromatic heterocycles. The third kappa shape index (κ3) is 2.74. The van der Waals surface area contributed by atoms with Crippen LogP contribution < -0.4 is 5.32 Å². The fourth-order valence-corrected chi connectivity index (χ4v) is 2.92. The van der Waals surface area contributed by atoms with Gasteiger partial charge in [0.25, 0.3) is 0 Å². The van der Waals surface area contributed by atoms with Crippen molar-refractivity contribution in [3.8, 4) is 0 Å². The second-order valence-electron chi connectivity index (χ2n) is 5.02. The van der Waals surface area contributed by atoms with Gasteiger partial charge in [0.1, 0.15) is 0 Å². The summed E-state index contributed by atoms with van der Waals surface area (Å²) in [6.07, 6.45) is 8.84. The molecule has 1 aliphatic carbocycles. The molecule has 1 saturated heterocycles. The smallest absolute Gasteiger partial charge is 0.170 e. The predicted octanol–water partition coefficient (Wildman–Crippen LogP) is 1.33. The Morgan fingerprint density at radius 1 is 1.22 bits per heavy atom. The van der Waals surface area contributed by atoms with Crippen LogP contribution in [0.25, 0.3) is 0 Å². The third-order valence-electron chi connectivity index (χ3n) is 3.83. The second-order valence-corrected chi connectivity index (χ2v) is 5.02. The van der Waals surface area contributed by atoms with Crippen LogP contribution in [-0.4, -0.2) is 41.9 Å². The molecule has 2 atom stereocenters. The average molecular weight is 251 g/mol. The molecular formula is C13H21N3O2. The van der Waals surface area contributed by atoms with E-state index in [4.69, 9.17) is 9.47 Å². The van der Waals surface area contributed by atoms with E-state index in [2.05, 4.69) is 21.3 Å². The summed E-state index contributed by atoms with van der Waals surface area (Å²) >= 11 is 0. The van der Waals surface area contributed by atoms with Crippen LogP contribution in [0.4, 0.5) is 0 Å². The lowest BCUT2D eigenvalue weighted by atomic mass is 9.90. The molecule has 2 aliphatic rings. The zero-order valence-electron chi connectivity index (χ0n) is 10.6. The van der Waals surface area contributed by atoms with E-state index in [1.165, 1.54) is 25.7 Å². The van der Waals surface area contributed by atoms with Crippen LogP contribution >= 0.6 is 0 Å². The molecule has 0 spiro atoms. The van der Waals surface area contributed by atoms with Crippen molar-refractivity contribution in [1.29, 1.82) is 0 Å². The standard InChI is InChI=1S/C13H21N3O2/c1-2-5-12(16-7-3-6-15-16)11(4-1)14-10-13-17-8-9-18-13/h3,6-7,11-14H,1-2,4-5,8-10H2/t11-,12-/m0/s1. The highest BCUT2D eigenvalue weighted by atomic mass is 16.7. The normalized spacial score (nSPS) is 29.8. The van der Waals surface area contributed by atoms with Gasteiger partial charge in [-0.3, -0.25) is 4.68 Å². The number of rotatable bonds is 4. The van der Waals surface area contributed by atoms with Gasteiger partial charge in [-0.15, -0.1) is 0 Å². The van der Waals surface area contributed by atoms with E-state index in [1.54, 1.807) is 0 Å². The summed E-state index contributed by atoms with van der Waals surface area (Å²) in [6.45, 7) is 2.22. The lowest BCUT2D eigenvalue weighted by Gasteiger charge is -2.33. The van der Waals surface area contributed by atoms with Gasteiger partial charge in [-0.05, 0) is 18.9 Å². The van der Waals surface area contributed by atoms with E-state index in [0.29, 0.717) is 12.1 Å². The Hall–Kier alpha value is -0.910. The monoisotopic (exact) mass is 251 g/mol. The van der Waals surface area contributed by atoms with Crippen LogP contribution in [0.3, 0.4) is 0 Å². The Morgan fingerprint density at radius 3 is 2.83 bits per heavy atom. The maximum absolute atomic E-state index is 5.46. The first-order valence-corrected chi connectivity index (χ1v) is 6.89. The zero-order chi connectivity index (χ0) is 12.2. The molecule has 5 nitrogen and oxygen atoms in total. The van der Waals surface area contributed by atoms with Crippen molar-refractivity contribution in [2.75, 3.05) is 19.8 Å². The summed E-state index contributed by atoms with van der Waals surface area (Å²) in [5.74, 6) is 0. The van der Waals surface area contributed by atoms with Gasteiger partial charge in [-0.2, -0.15) is 5.10 Å². The molecule has 2 heterocycles. The van der Waals surface area contributed by atoms with Gasteiger partial charge in [0.15, 0.2) is 6.29 Å². The number of ether oxygens (including phenoxy) is 2. The van der Waals surface area contributed by atoms with Crippen molar-refractivity contribution in [2.45, 2.75) is 44.1 Å². The first kappa shape index (κ1) is 12.1. The van der Waals surface area contributed by atoms with E-state index in [9.17, 15) is 0 Å². The highest BCUT2D eigenvalue weighted by molar-refractivity contribution is 4.89. The van der Waals surface area contributed by atoms with Crippen molar-refractivity contribution in [2.24, 2.45) is 0 Å². The van der Waals surface area contributed by atoms with Gasteiger partial charge in [0, 0.05) is 25.0 Å². The largest absolute Gasteiger partial charge is 0.349 e. The maximum atomic E-state index is 5.46. The molecular weight excluding hydrogens is 230 g/mol. The van der Waals surface area contributed by atoms with E-state index < -0.39 is 0 Å². The van der Waals surface area contributed by atoms with Crippen molar-refractivity contribution in [3.05, 3.63) is 18.5 Å². The topological polar surface area (TPSA) is 48.3 Å². The highest BCUT2D eigenvalue weighted by Gasteiger charge is 2.27. The van der Waals surface area contributed by atoms with Gasteiger partial charge in [-0.1, -0.05) is 12.8 Å². The Labute approximate surface area is 107 Å². The lowest BCUT2D eigenvalue weighted by molar-refractivity contribution is -0.0423. The van der Waals surface area contributed by atoms with Gasteiger partial charge in [0.2, 0.25) is 0 Å². The summed E-state index contributed by atoms with van der Waals surface area (Å²) < 4.78 is 13.0. The van der Waals surface area contributed by atoms with E-state index in [-0.39, 0.29) is 6.29 Å². The molecule has 5 heteroatoms. The molecule has 1 N–H and O–H groups in total. The molecule has 3 rings (SSSR count). The van der Waals surface area contributed by atoms with Crippen molar-refractivity contribution in [1.82, 2.24) is 15.1 Å². The summed E-state index contributed by atoms with van der Waals surface area (Å²) in [6, 6.07) is 2.94. The zero-order valence-corrected chi connectivity index (χ0v) is 10.6. The maximum Gasteiger partial charge on any atom is 0.170 e. The van der Waals surface area contributed by atoms with E-state index >= 15 is 0 Å². The fourth-order valence-electron chi connectivity index (χ4n) is 2.92. The molecule has 1 aliphatic heterocycles. The Kier molecular flexibility index (Phi) is 3.93. The summed E-state index contributed by atoms with van der Waals surface area (Å²) in [5.41, 5.74) is 0. The lowest BCUT2D eigenvalue weighted by Crippen LogP contribution is -2.43. The molecule has 2 fully saturated rings. The SMILES string of the molecule is c1cnn([C@H]2CCCC[C@@H]2NCC2OCCO2)c1. The molecule has 1 aromatic rings. The minimum atomic E-state index is -0.0646. The average Bonchev–Trinajstić information content (AvgIpc) is 3.10. The minimum Gasteiger partial charge on any atom is -0.349 e. The minimum absolute atomic E-state index is 0.0646. The number of hydrogen-bond donors (Lipinski definition) is 1. The quantitative estimate of drug-likeness (QED) is 0.877. The van der Waals surface area contributed by atoms with Gasteiger partial charge < -0.3 is 14.8 Å². The summed E-state index contributed by atoms with van der Waals surface area (Å²) in [4.78, 5) is 0. The number of aromatic nitrogens is 2. The van der Waals surface area contributed by atoms with Crippen molar-refractivity contribution in [3.63, 3.8) is 0 Å². The molecule has 18 heavy (non-hydrogen) atoms. The van der Waals surface area contributed by atoms with Crippen LogP contribution in [0.5, 0.6) is 0 Å². The second kappa shape index (κ2) is 5.82. The molecule has 0 amide bonds. The predicted molar refractivity (Wildman–Crippen MR) is 67.2 cm³/mol. The first-order chi connectivity index (χ1) is 8.93. The highest BCUT2D eigenvalue weighted by Crippen LogP contribution is 2.28. The number of nitrogens with one attached hydrogen (secondary N) is 1. The summed E-state index contributed by atoms with van der Waals surface area (Å²) in [5, 5.41) is 7.98. The Balaban J connectivity index is 1.57. The van der Waals surface area contributed by atoms with Crippen LogP contribution in [0.1, 0.15) is 31.7 Å². The Morgan fingerprint density at radius 2 is 2.06 bits per heavy atom. The van der Waals surface area contributed by atoms with Crippen molar-refractivity contribution < 1.29 is 9.47 Å². The Bertz CT molecular complexity index is 349. The molecule has 0 radical (unpaired) electrons. The van der Waals surface area contributed by atoms with Gasteiger partial charge >= 0.3 is 0 Å². The van der Waals surface area contributed by atoms with Crippen LogP contribution in [-0.2, 0) is 9.47 Å². The number of nitrogens with zero attached hydrogens (tertiary/aromatic N) is 2. The van der Waals surface area contributed by atoms with Gasteiger partial charge in [-0.25, -0.2) is 0 Å². The first-order valence-electron chi connectivity index (χ1n) is 6.89. The van der Waals surface area contributed by atoms with Gasteiger partial charge in [0.05, 0.1) is 19.3 Å². The molecule has 0 aromatic carbocycles. The van der Waals surface area contributed by atoms with E-state index in [1.807, 2.05) is 12.3 Å². The third-order valence-corrected chi connectivity index (χ3v) is 3.83. The van der Waals surface area contributed by atoms with Crippen LogP contribution in [0.2, 0.25) is 0 Å². The molecule has 0 unspecified atom stereocenters. The van der Waals surface area contributed by atoms with Crippen LogP contribution in [0.15, 0.2) is 18.5 Å². The van der Waals surface area contributed by atoms with E-state index in [0.717, 1.165) is 19.8 Å². The summed E-state index contributed by atoms with van der Waals surface area (Å²) in [7, 11) is 0. The van der Waals surface area contributed by atoms with Crippen LogP contribution in [0, 0.1) is 0 Å². The number of hydrogen-bond acceptors (Lipinski definition) is 4. The molecule has 0 bridgehead atoms. The molecule has 1 saturated carbocycles. The molecule has 100 valence electrons.